The van der Waals surface area contributed by atoms with Crippen LogP contribution in [0.4, 0.5) is 5.69 Å². The van der Waals surface area contributed by atoms with Gasteiger partial charge in [0, 0.05) is 10.3 Å². The first-order chi connectivity index (χ1) is 10.2. The largest absolute Gasteiger partial charge is 0.295 e. The number of hydrogen-bond donors (Lipinski definition) is 0. The average molecular weight is 296 g/mol. The molecule has 0 aliphatic heterocycles. The van der Waals surface area contributed by atoms with Gasteiger partial charge in [0.2, 0.25) is 0 Å². The van der Waals surface area contributed by atoms with Crippen molar-refractivity contribution in [1.82, 2.24) is 4.98 Å². The molecule has 0 spiro atoms. The van der Waals surface area contributed by atoms with Crippen LogP contribution in [0.25, 0.3) is 22.0 Å². The number of aromatic nitrogens is 1. The van der Waals surface area contributed by atoms with Gasteiger partial charge in [0.05, 0.1) is 16.0 Å². The van der Waals surface area contributed by atoms with Crippen molar-refractivity contribution in [1.29, 1.82) is 0 Å². The van der Waals surface area contributed by atoms with E-state index in [0.29, 0.717) is 5.56 Å². The molecule has 3 rings (SSSR count). The zero-order chi connectivity index (χ0) is 14.8. The van der Waals surface area contributed by atoms with Crippen LogP contribution in [0.3, 0.4) is 0 Å². The van der Waals surface area contributed by atoms with Crippen LogP contribution in [0.15, 0.2) is 59.6 Å². The summed E-state index contributed by atoms with van der Waals surface area (Å²) in [5, 5.41) is 12.2. The Morgan fingerprint density at radius 2 is 1.90 bits per heavy atom. The molecule has 2 aromatic carbocycles. The summed E-state index contributed by atoms with van der Waals surface area (Å²) in [6, 6.07) is 15.3. The molecule has 0 atom stereocenters. The molecule has 0 saturated carbocycles. The number of pyridine rings is 1. The summed E-state index contributed by atoms with van der Waals surface area (Å²) in [4.78, 5) is 16.2. The fourth-order valence-corrected chi connectivity index (χ4v) is 2.77. The summed E-state index contributed by atoms with van der Waals surface area (Å²) in [5.41, 5.74) is 2.25. The van der Waals surface area contributed by atoms with E-state index in [-0.39, 0.29) is 10.6 Å². The van der Waals surface area contributed by atoms with Crippen molar-refractivity contribution in [2.24, 2.45) is 0 Å². The minimum atomic E-state index is -0.374. The third-order valence-electron chi connectivity index (χ3n) is 3.31. The third-order valence-corrected chi connectivity index (χ3v) is 4.04. The van der Waals surface area contributed by atoms with Gasteiger partial charge < -0.3 is 0 Å². The van der Waals surface area contributed by atoms with E-state index < -0.39 is 0 Å². The van der Waals surface area contributed by atoms with Crippen LogP contribution < -0.4 is 0 Å². The van der Waals surface area contributed by atoms with Crippen LogP contribution in [-0.4, -0.2) is 16.2 Å². The highest BCUT2D eigenvalue weighted by Crippen LogP contribution is 2.36. The van der Waals surface area contributed by atoms with E-state index >= 15 is 0 Å². The Morgan fingerprint density at radius 3 is 2.57 bits per heavy atom. The topological polar surface area (TPSA) is 56.0 Å². The van der Waals surface area contributed by atoms with Gasteiger partial charge in [0.1, 0.15) is 6.20 Å². The van der Waals surface area contributed by atoms with Crippen LogP contribution in [0.1, 0.15) is 0 Å². The monoisotopic (exact) mass is 296 g/mol. The van der Waals surface area contributed by atoms with Crippen LogP contribution in [0, 0.1) is 10.1 Å². The highest BCUT2D eigenvalue weighted by molar-refractivity contribution is 7.98. The molecular weight excluding hydrogens is 284 g/mol. The molecule has 0 radical (unpaired) electrons. The lowest BCUT2D eigenvalue weighted by atomic mass is 10.00. The number of fused-ring (bicyclic) bond motifs is 1. The third kappa shape index (κ3) is 2.48. The minimum absolute atomic E-state index is 0.0342. The zero-order valence-electron chi connectivity index (χ0n) is 11.3. The van der Waals surface area contributed by atoms with E-state index in [1.54, 1.807) is 11.8 Å². The second kappa shape index (κ2) is 5.54. The molecule has 0 saturated heterocycles. The molecule has 0 bridgehead atoms. The summed E-state index contributed by atoms with van der Waals surface area (Å²) in [7, 11) is 0. The van der Waals surface area contributed by atoms with Gasteiger partial charge in [0.25, 0.3) is 5.69 Å². The summed E-state index contributed by atoms with van der Waals surface area (Å²) in [6.45, 7) is 0. The smallest absolute Gasteiger partial charge is 0.258 e. The van der Waals surface area contributed by atoms with Gasteiger partial charge in [-0.2, -0.15) is 0 Å². The predicted octanol–water partition coefficient (Wildman–Crippen LogP) is 4.53. The number of benzene rings is 2. The molecule has 3 aromatic rings. The first-order valence-corrected chi connectivity index (χ1v) is 7.60. The molecule has 5 heteroatoms. The van der Waals surface area contributed by atoms with E-state index in [9.17, 15) is 10.1 Å². The first kappa shape index (κ1) is 13.6. The van der Waals surface area contributed by atoms with Gasteiger partial charge in [-0.25, -0.2) is 4.98 Å². The fourth-order valence-electron chi connectivity index (χ4n) is 2.33. The summed E-state index contributed by atoms with van der Waals surface area (Å²) in [5.74, 6) is 0. The van der Waals surface area contributed by atoms with Crippen LogP contribution in [0.2, 0.25) is 0 Å². The lowest BCUT2D eigenvalue weighted by molar-refractivity contribution is -0.384. The fraction of sp³-hybridized carbons (Fsp3) is 0.0625. The Hall–Kier alpha value is -2.40. The predicted molar refractivity (Wildman–Crippen MR) is 85.6 cm³/mol. The standard InChI is InChI=1S/C16H12N2O2S/c1-21-12-7-8-14-13(9-12)16(11-5-3-2-4-6-11)15(10-17-14)18(19)20/h2-10H,1H3. The Labute approximate surface area is 126 Å². The highest BCUT2D eigenvalue weighted by Gasteiger charge is 2.19. The molecule has 0 unspecified atom stereocenters. The van der Waals surface area contributed by atoms with Gasteiger partial charge in [-0.15, -0.1) is 11.8 Å². The molecule has 0 aliphatic carbocycles. The quantitative estimate of drug-likeness (QED) is 0.405. The van der Waals surface area contributed by atoms with Crippen molar-refractivity contribution in [3.8, 4) is 11.1 Å². The van der Waals surface area contributed by atoms with Crippen molar-refractivity contribution in [3.05, 3.63) is 64.8 Å². The highest BCUT2D eigenvalue weighted by atomic mass is 32.2. The lowest BCUT2D eigenvalue weighted by Crippen LogP contribution is -1.95. The maximum Gasteiger partial charge on any atom is 0.295 e. The molecule has 1 aromatic heterocycles. The SMILES string of the molecule is CSc1ccc2ncc([N+](=O)[O-])c(-c3ccccc3)c2c1. The first-order valence-electron chi connectivity index (χ1n) is 6.37. The molecular formula is C16H12N2O2S. The average Bonchev–Trinajstić information content (AvgIpc) is 2.53. The maximum absolute atomic E-state index is 11.4. The van der Waals surface area contributed by atoms with Crippen molar-refractivity contribution in [3.63, 3.8) is 0 Å². The van der Waals surface area contributed by atoms with E-state index in [4.69, 9.17) is 0 Å². The van der Waals surface area contributed by atoms with Crippen LogP contribution in [0.5, 0.6) is 0 Å². The molecule has 104 valence electrons. The van der Waals surface area contributed by atoms with Crippen LogP contribution in [-0.2, 0) is 0 Å². The van der Waals surface area contributed by atoms with Crippen molar-refractivity contribution in [2.45, 2.75) is 4.90 Å². The van der Waals surface area contributed by atoms with Gasteiger partial charge in [-0.05, 0) is 30.0 Å². The Morgan fingerprint density at radius 1 is 1.14 bits per heavy atom. The maximum atomic E-state index is 11.4. The zero-order valence-corrected chi connectivity index (χ0v) is 12.1. The summed E-state index contributed by atoms with van der Waals surface area (Å²) in [6.07, 6.45) is 3.32. The number of nitrogens with zero attached hydrogens (tertiary/aromatic N) is 2. The van der Waals surface area contributed by atoms with E-state index in [0.717, 1.165) is 21.4 Å². The molecule has 4 nitrogen and oxygen atoms in total. The number of nitro groups is 1. The second-order valence-electron chi connectivity index (χ2n) is 4.52. The Balaban J connectivity index is 2.41. The van der Waals surface area contributed by atoms with Gasteiger partial charge in [-0.3, -0.25) is 10.1 Å². The molecule has 0 fully saturated rings. The van der Waals surface area contributed by atoms with Crippen molar-refractivity contribution >= 4 is 28.4 Å². The lowest BCUT2D eigenvalue weighted by Gasteiger charge is -2.08. The van der Waals surface area contributed by atoms with Gasteiger partial charge in [0.15, 0.2) is 0 Å². The van der Waals surface area contributed by atoms with Crippen molar-refractivity contribution in [2.75, 3.05) is 6.26 Å². The molecule has 1 heterocycles. The normalized spacial score (nSPS) is 10.7. The summed E-state index contributed by atoms with van der Waals surface area (Å²) >= 11 is 1.60. The van der Waals surface area contributed by atoms with E-state index in [2.05, 4.69) is 4.98 Å². The number of rotatable bonds is 3. The van der Waals surface area contributed by atoms with E-state index in [1.165, 1.54) is 6.20 Å². The second-order valence-corrected chi connectivity index (χ2v) is 5.40. The molecule has 0 aliphatic rings. The van der Waals surface area contributed by atoms with Crippen molar-refractivity contribution < 1.29 is 4.92 Å². The van der Waals surface area contributed by atoms with Gasteiger partial charge >= 0.3 is 0 Å². The Bertz CT molecular complexity index is 819. The van der Waals surface area contributed by atoms with Crippen LogP contribution >= 0.6 is 11.8 Å². The number of thioether (sulfide) groups is 1. The molecule has 0 N–H and O–H groups in total. The minimum Gasteiger partial charge on any atom is -0.258 e. The molecule has 21 heavy (non-hydrogen) atoms. The molecule has 0 amide bonds. The number of hydrogen-bond acceptors (Lipinski definition) is 4. The van der Waals surface area contributed by atoms with E-state index in [1.807, 2.05) is 54.8 Å². The van der Waals surface area contributed by atoms with Gasteiger partial charge in [-0.1, -0.05) is 30.3 Å². The Kier molecular flexibility index (Phi) is 3.58. The summed E-state index contributed by atoms with van der Waals surface area (Å²) < 4.78 is 0.